The average molecular weight is 205 g/mol. The highest BCUT2D eigenvalue weighted by Crippen LogP contribution is 2.27. The summed E-state index contributed by atoms with van der Waals surface area (Å²) < 4.78 is 0. The van der Waals surface area contributed by atoms with Gasteiger partial charge in [-0.1, -0.05) is 24.3 Å². The van der Waals surface area contributed by atoms with E-state index in [2.05, 4.69) is 24.9 Å². The Hall–Kier alpha value is -0.860. The Morgan fingerprint density at radius 3 is 2.67 bits per heavy atom. The highest BCUT2D eigenvalue weighted by molar-refractivity contribution is 5.27. The topological polar surface area (TPSA) is 23.5 Å². The van der Waals surface area contributed by atoms with E-state index in [9.17, 15) is 5.11 Å². The zero-order valence-electron chi connectivity index (χ0n) is 9.48. The molecule has 15 heavy (non-hydrogen) atoms. The van der Waals surface area contributed by atoms with Crippen molar-refractivity contribution in [2.75, 3.05) is 13.6 Å². The SMILES string of the molecule is Cc1ccccc1C(O)CN(C)C1CC1. The lowest BCUT2D eigenvalue weighted by Crippen LogP contribution is -2.26. The number of aliphatic hydroxyl groups excluding tert-OH is 1. The second-order valence-corrected chi connectivity index (χ2v) is 4.54. The van der Waals surface area contributed by atoms with Crippen LogP contribution in [0.3, 0.4) is 0 Å². The largest absolute Gasteiger partial charge is 0.387 e. The van der Waals surface area contributed by atoms with Crippen molar-refractivity contribution < 1.29 is 5.11 Å². The summed E-state index contributed by atoms with van der Waals surface area (Å²) in [6.07, 6.45) is 2.23. The van der Waals surface area contributed by atoms with Gasteiger partial charge in [0.25, 0.3) is 0 Å². The van der Waals surface area contributed by atoms with Crippen LogP contribution in [-0.2, 0) is 0 Å². The Morgan fingerprint density at radius 1 is 1.40 bits per heavy atom. The van der Waals surface area contributed by atoms with Gasteiger partial charge in [0, 0.05) is 12.6 Å². The van der Waals surface area contributed by atoms with Gasteiger partial charge in [-0.25, -0.2) is 0 Å². The van der Waals surface area contributed by atoms with Gasteiger partial charge in [-0.15, -0.1) is 0 Å². The second kappa shape index (κ2) is 4.33. The molecule has 1 aromatic carbocycles. The summed E-state index contributed by atoms with van der Waals surface area (Å²) in [7, 11) is 2.10. The van der Waals surface area contributed by atoms with E-state index in [1.54, 1.807) is 0 Å². The first-order valence-corrected chi connectivity index (χ1v) is 5.62. The molecule has 1 unspecified atom stereocenters. The Bertz CT molecular complexity index is 333. The molecule has 0 heterocycles. The average Bonchev–Trinajstić information content (AvgIpc) is 3.01. The van der Waals surface area contributed by atoms with Gasteiger partial charge in [0.1, 0.15) is 0 Å². The van der Waals surface area contributed by atoms with Crippen molar-refractivity contribution in [3.63, 3.8) is 0 Å². The fourth-order valence-corrected chi connectivity index (χ4v) is 2.00. The normalized spacial score (nSPS) is 18.1. The van der Waals surface area contributed by atoms with E-state index in [0.717, 1.165) is 12.1 Å². The van der Waals surface area contributed by atoms with Crippen LogP contribution in [0.1, 0.15) is 30.1 Å². The van der Waals surface area contributed by atoms with E-state index < -0.39 is 0 Å². The van der Waals surface area contributed by atoms with Gasteiger partial charge in [-0.3, -0.25) is 0 Å². The number of aliphatic hydroxyl groups is 1. The third-order valence-corrected chi connectivity index (χ3v) is 3.18. The second-order valence-electron chi connectivity index (χ2n) is 4.54. The van der Waals surface area contributed by atoms with Gasteiger partial charge in [0.2, 0.25) is 0 Å². The number of rotatable bonds is 4. The molecule has 0 saturated heterocycles. The van der Waals surface area contributed by atoms with Gasteiger partial charge in [-0.2, -0.15) is 0 Å². The Kier molecular flexibility index (Phi) is 3.08. The first-order valence-electron chi connectivity index (χ1n) is 5.62. The van der Waals surface area contributed by atoms with Crippen molar-refractivity contribution in [3.8, 4) is 0 Å². The highest BCUT2D eigenvalue weighted by Gasteiger charge is 2.27. The van der Waals surface area contributed by atoms with Gasteiger partial charge < -0.3 is 10.0 Å². The molecule has 2 heteroatoms. The molecule has 1 aromatic rings. The first-order chi connectivity index (χ1) is 7.18. The van der Waals surface area contributed by atoms with Crippen LogP contribution >= 0.6 is 0 Å². The maximum atomic E-state index is 10.1. The van der Waals surface area contributed by atoms with Crippen LogP contribution < -0.4 is 0 Å². The van der Waals surface area contributed by atoms with E-state index in [-0.39, 0.29) is 6.10 Å². The Balaban J connectivity index is 2.00. The molecule has 1 N–H and O–H groups in total. The van der Waals surface area contributed by atoms with Crippen LogP contribution in [0.15, 0.2) is 24.3 Å². The molecule has 0 bridgehead atoms. The Labute approximate surface area is 91.5 Å². The smallest absolute Gasteiger partial charge is 0.0919 e. The molecule has 0 spiro atoms. The number of aryl methyl sites for hydroxylation is 1. The van der Waals surface area contributed by atoms with Crippen molar-refractivity contribution in [2.45, 2.75) is 31.9 Å². The third kappa shape index (κ3) is 2.58. The van der Waals surface area contributed by atoms with Gasteiger partial charge in [-0.05, 0) is 37.9 Å². The summed E-state index contributed by atoms with van der Waals surface area (Å²) in [5, 5.41) is 10.1. The van der Waals surface area contributed by atoms with Crippen molar-refractivity contribution in [3.05, 3.63) is 35.4 Å². The minimum atomic E-state index is -0.350. The predicted octanol–water partition coefficient (Wildman–Crippen LogP) is 2.12. The molecule has 2 nitrogen and oxygen atoms in total. The maximum Gasteiger partial charge on any atom is 0.0919 e. The van der Waals surface area contributed by atoms with E-state index in [1.807, 2.05) is 18.2 Å². The quantitative estimate of drug-likeness (QED) is 0.814. The molecule has 2 rings (SSSR count). The fraction of sp³-hybridized carbons (Fsp3) is 0.538. The van der Waals surface area contributed by atoms with E-state index in [0.29, 0.717) is 6.04 Å². The lowest BCUT2D eigenvalue weighted by molar-refractivity contribution is 0.123. The van der Waals surface area contributed by atoms with Crippen LogP contribution in [-0.4, -0.2) is 29.6 Å². The monoisotopic (exact) mass is 205 g/mol. The summed E-state index contributed by atoms with van der Waals surface area (Å²) in [5.41, 5.74) is 2.24. The molecule has 0 radical (unpaired) electrons. The molecule has 82 valence electrons. The Morgan fingerprint density at radius 2 is 2.07 bits per heavy atom. The van der Waals surface area contributed by atoms with Crippen LogP contribution in [0, 0.1) is 6.92 Å². The van der Waals surface area contributed by atoms with Gasteiger partial charge in [0.05, 0.1) is 6.10 Å². The van der Waals surface area contributed by atoms with Crippen LogP contribution in [0.25, 0.3) is 0 Å². The van der Waals surface area contributed by atoms with Crippen molar-refractivity contribution in [2.24, 2.45) is 0 Å². The van der Waals surface area contributed by atoms with Gasteiger partial charge >= 0.3 is 0 Å². The van der Waals surface area contributed by atoms with Crippen LogP contribution in [0.2, 0.25) is 0 Å². The third-order valence-electron chi connectivity index (χ3n) is 3.18. The predicted molar refractivity (Wildman–Crippen MR) is 61.8 cm³/mol. The van der Waals surface area contributed by atoms with Crippen LogP contribution in [0.5, 0.6) is 0 Å². The minimum Gasteiger partial charge on any atom is -0.387 e. The summed E-state index contributed by atoms with van der Waals surface area (Å²) in [6, 6.07) is 8.78. The number of likely N-dealkylation sites (N-methyl/N-ethyl adjacent to an activating group) is 1. The van der Waals surface area contributed by atoms with Gasteiger partial charge in [0.15, 0.2) is 0 Å². The number of benzene rings is 1. The molecule has 1 fully saturated rings. The molecule has 1 aliphatic rings. The fourth-order valence-electron chi connectivity index (χ4n) is 2.00. The maximum absolute atomic E-state index is 10.1. The number of hydrogen-bond acceptors (Lipinski definition) is 2. The molecule has 0 aliphatic heterocycles. The molecular weight excluding hydrogens is 186 g/mol. The molecule has 1 aliphatic carbocycles. The molecule has 0 aromatic heterocycles. The van der Waals surface area contributed by atoms with E-state index in [1.165, 1.54) is 18.4 Å². The molecule has 1 atom stereocenters. The summed E-state index contributed by atoms with van der Waals surface area (Å²) in [5.74, 6) is 0. The first kappa shape index (κ1) is 10.7. The van der Waals surface area contributed by atoms with Crippen molar-refractivity contribution in [1.29, 1.82) is 0 Å². The zero-order valence-corrected chi connectivity index (χ0v) is 9.48. The zero-order chi connectivity index (χ0) is 10.8. The number of nitrogens with zero attached hydrogens (tertiary/aromatic N) is 1. The lowest BCUT2D eigenvalue weighted by atomic mass is 10.0. The lowest BCUT2D eigenvalue weighted by Gasteiger charge is -2.21. The van der Waals surface area contributed by atoms with Crippen LogP contribution in [0.4, 0.5) is 0 Å². The highest BCUT2D eigenvalue weighted by atomic mass is 16.3. The van der Waals surface area contributed by atoms with E-state index >= 15 is 0 Å². The van der Waals surface area contributed by atoms with Crippen molar-refractivity contribution >= 4 is 0 Å². The van der Waals surface area contributed by atoms with E-state index in [4.69, 9.17) is 0 Å². The van der Waals surface area contributed by atoms with Crippen molar-refractivity contribution in [1.82, 2.24) is 4.90 Å². The summed E-state index contributed by atoms with van der Waals surface area (Å²) >= 11 is 0. The summed E-state index contributed by atoms with van der Waals surface area (Å²) in [6.45, 7) is 2.80. The number of hydrogen-bond donors (Lipinski definition) is 1. The molecular formula is C13H19NO. The standard InChI is InChI=1S/C13H19NO/c1-10-5-3-4-6-12(10)13(15)9-14(2)11-7-8-11/h3-6,11,13,15H,7-9H2,1-2H3. The molecule has 1 saturated carbocycles. The summed E-state index contributed by atoms with van der Waals surface area (Å²) in [4.78, 5) is 2.26. The minimum absolute atomic E-state index is 0.350. The molecule has 0 amide bonds.